The molecule has 0 aliphatic carbocycles. The molecule has 0 unspecified atom stereocenters. The summed E-state index contributed by atoms with van der Waals surface area (Å²) in [5, 5.41) is 0.773. The van der Waals surface area contributed by atoms with Crippen LogP contribution in [0.2, 0.25) is 5.04 Å². The lowest BCUT2D eigenvalue weighted by atomic mass is 9.96. The van der Waals surface area contributed by atoms with Crippen LogP contribution in [0.5, 0.6) is 0 Å². The van der Waals surface area contributed by atoms with Crippen molar-refractivity contribution in [1.82, 2.24) is 0 Å². The van der Waals surface area contributed by atoms with Crippen molar-refractivity contribution in [3.8, 4) is 0 Å². The molecule has 0 nitrogen and oxygen atoms in total. The third kappa shape index (κ3) is 3.04. The Kier molecular flexibility index (Phi) is 4.20. The molecule has 0 fully saturated rings. The Morgan fingerprint density at radius 3 is 1.67 bits per heavy atom. The van der Waals surface area contributed by atoms with E-state index in [1.165, 1.54) is 35.9 Å². The zero-order valence-electron chi connectivity index (χ0n) is 7.33. The molecule has 0 aromatic carbocycles. The molecule has 0 N–H and O–H groups in total. The largest absolute Gasteiger partial charge is 0.0654 e. The van der Waals surface area contributed by atoms with Crippen molar-refractivity contribution in [3.05, 3.63) is 0 Å². The Bertz CT molecular complexity index is 65.0. The minimum absolute atomic E-state index is 0.773. The highest BCUT2D eigenvalue weighted by molar-refractivity contribution is 6.15. The van der Waals surface area contributed by atoms with Crippen molar-refractivity contribution in [1.29, 1.82) is 0 Å². The van der Waals surface area contributed by atoms with Gasteiger partial charge in [-0.2, -0.15) is 0 Å². The number of hydrogen-bond donors (Lipinski definition) is 0. The smallest absolute Gasteiger partial charge is 0.0106 e. The van der Waals surface area contributed by atoms with Crippen LogP contribution in [-0.2, 0) is 0 Å². The minimum Gasteiger partial charge on any atom is -0.0654 e. The van der Waals surface area contributed by atoms with Crippen LogP contribution in [0.4, 0.5) is 0 Å². The number of rotatable bonds is 4. The van der Waals surface area contributed by atoms with E-state index in [4.69, 9.17) is 0 Å². The Morgan fingerprint density at radius 2 is 1.56 bits per heavy atom. The van der Waals surface area contributed by atoms with Gasteiger partial charge in [0.05, 0.1) is 0 Å². The normalized spacial score (nSPS) is 12.3. The summed E-state index contributed by atoms with van der Waals surface area (Å²) in [4.78, 5) is 0. The summed E-state index contributed by atoms with van der Waals surface area (Å²) < 4.78 is 0. The Labute approximate surface area is 62.5 Å². The summed E-state index contributed by atoms with van der Waals surface area (Å²) in [5.74, 6) is 0. The third-order valence-electron chi connectivity index (χ3n) is 2.56. The molecule has 0 aromatic heterocycles. The first-order chi connectivity index (χ1) is 4.18. The highest BCUT2D eigenvalue weighted by atomic mass is 28.1. The average molecular weight is 144 g/mol. The molecular formula is C8H20Si. The molecule has 0 amide bonds. The summed E-state index contributed by atoms with van der Waals surface area (Å²) in [6, 6.07) is 0. The number of hydrogen-bond acceptors (Lipinski definition) is 0. The van der Waals surface area contributed by atoms with Crippen LogP contribution in [0, 0.1) is 0 Å². The van der Waals surface area contributed by atoms with E-state index >= 15 is 0 Å². The summed E-state index contributed by atoms with van der Waals surface area (Å²) in [7, 11) is 1.38. The predicted octanol–water partition coefficient (Wildman–Crippen LogP) is 2.13. The fourth-order valence-corrected chi connectivity index (χ4v) is 1.71. The van der Waals surface area contributed by atoms with Gasteiger partial charge in [0.15, 0.2) is 0 Å². The highest BCUT2D eigenvalue weighted by Crippen LogP contribution is 2.35. The first-order valence-corrected chi connectivity index (χ1v) is 5.18. The molecule has 0 aliphatic heterocycles. The molecule has 0 saturated carbocycles. The van der Waals surface area contributed by atoms with Crippen LogP contribution in [0.1, 0.15) is 46.5 Å². The average Bonchev–Trinajstić information content (AvgIpc) is 1.89. The van der Waals surface area contributed by atoms with Gasteiger partial charge < -0.3 is 0 Å². The molecule has 0 rings (SSSR count). The first-order valence-electron chi connectivity index (χ1n) is 4.18. The summed E-state index contributed by atoms with van der Waals surface area (Å²) in [6.07, 6.45) is 5.60. The fourth-order valence-electron chi connectivity index (χ4n) is 1.21. The van der Waals surface area contributed by atoms with Crippen molar-refractivity contribution < 1.29 is 0 Å². The zero-order chi connectivity index (χ0) is 7.33. The van der Waals surface area contributed by atoms with Gasteiger partial charge in [-0.25, -0.2) is 0 Å². The van der Waals surface area contributed by atoms with Crippen molar-refractivity contribution in [2.45, 2.75) is 51.5 Å². The molecule has 0 atom stereocenters. The van der Waals surface area contributed by atoms with Crippen molar-refractivity contribution in [3.63, 3.8) is 0 Å². The van der Waals surface area contributed by atoms with Gasteiger partial charge in [0.2, 0.25) is 0 Å². The van der Waals surface area contributed by atoms with E-state index in [9.17, 15) is 0 Å². The van der Waals surface area contributed by atoms with Gasteiger partial charge in [-0.15, -0.1) is 0 Å². The molecule has 9 heavy (non-hydrogen) atoms. The van der Waals surface area contributed by atoms with E-state index in [-0.39, 0.29) is 0 Å². The van der Waals surface area contributed by atoms with Gasteiger partial charge in [0, 0.05) is 10.2 Å². The van der Waals surface area contributed by atoms with E-state index in [0.29, 0.717) is 0 Å². The maximum absolute atomic E-state index is 2.33. The lowest BCUT2D eigenvalue weighted by Gasteiger charge is -2.25. The highest BCUT2D eigenvalue weighted by Gasteiger charge is 2.16. The van der Waals surface area contributed by atoms with Crippen LogP contribution >= 0.6 is 0 Å². The van der Waals surface area contributed by atoms with Crippen LogP contribution in [0.25, 0.3) is 0 Å². The molecule has 56 valence electrons. The first kappa shape index (κ1) is 9.22. The monoisotopic (exact) mass is 144 g/mol. The molecule has 0 aromatic rings. The molecular weight excluding hydrogens is 124 g/mol. The molecule has 0 spiro atoms. The standard InChI is InChI=1S/C8H20Si/c1-4-7-8(9,5-2)6-3/h4-7H2,1-3,9H3. The van der Waals surface area contributed by atoms with Crippen LogP contribution in [0.3, 0.4) is 0 Å². The molecule has 0 heterocycles. The lowest BCUT2D eigenvalue weighted by molar-refractivity contribution is 0.476. The van der Waals surface area contributed by atoms with E-state index in [0.717, 1.165) is 5.04 Å². The predicted molar refractivity (Wildman–Crippen MR) is 48.1 cm³/mol. The molecule has 0 radical (unpaired) electrons. The molecule has 0 saturated heterocycles. The quantitative estimate of drug-likeness (QED) is 0.530. The van der Waals surface area contributed by atoms with E-state index < -0.39 is 0 Å². The van der Waals surface area contributed by atoms with Gasteiger partial charge in [-0.3, -0.25) is 0 Å². The SMILES string of the molecule is CCCC([SiH3])(CC)CC. The van der Waals surface area contributed by atoms with Crippen molar-refractivity contribution in [2.24, 2.45) is 0 Å². The Hall–Kier alpha value is 0.217. The molecule has 1 heteroatoms. The van der Waals surface area contributed by atoms with E-state index in [1.54, 1.807) is 0 Å². The molecule has 0 aliphatic rings. The third-order valence-corrected chi connectivity index (χ3v) is 4.47. The minimum atomic E-state index is 0.773. The van der Waals surface area contributed by atoms with E-state index in [1.807, 2.05) is 0 Å². The second-order valence-electron chi connectivity index (χ2n) is 3.27. The van der Waals surface area contributed by atoms with Gasteiger partial charge in [-0.1, -0.05) is 46.5 Å². The van der Waals surface area contributed by atoms with Gasteiger partial charge in [0.1, 0.15) is 0 Å². The molecule has 0 bridgehead atoms. The second kappa shape index (κ2) is 4.10. The van der Waals surface area contributed by atoms with Crippen LogP contribution in [-0.4, -0.2) is 10.2 Å². The van der Waals surface area contributed by atoms with Crippen molar-refractivity contribution in [2.75, 3.05) is 0 Å². The lowest BCUT2D eigenvalue weighted by Crippen LogP contribution is -2.09. The van der Waals surface area contributed by atoms with Crippen LogP contribution < -0.4 is 0 Å². The summed E-state index contributed by atoms with van der Waals surface area (Å²) in [5.41, 5.74) is 0. The maximum atomic E-state index is 2.33. The Morgan fingerprint density at radius 1 is 1.11 bits per heavy atom. The maximum Gasteiger partial charge on any atom is 0.0106 e. The zero-order valence-corrected chi connectivity index (χ0v) is 9.33. The van der Waals surface area contributed by atoms with Gasteiger partial charge in [-0.05, 0) is 5.04 Å². The topological polar surface area (TPSA) is 0 Å². The van der Waals surface area contributed by atoms with Gasteiger partial charge >= 0.3 is 0 Å². The van der Waals surface area contributed by atoms with Gasteiger partial charge in [0.25, 0.3) is 0 Å². The van der Waals surface area contributed by atoms with Crippen molar-refractivity contribution >= 4 is 10.2 Å². The Balaban J connectivity index is 3.62. The second-order valence-corrected chi connectivity index (χ2v) is 5.39. The van der Waals surface area contributed by atoms with Crippen LogP contribution in [0.15, 0.2) is 0 Å². The summed E-state index contributed by atoms with van der Waals surface area (Å²) in [6.45, 7) is 6.94. The fraction of sp³-hybridized carbons (Fsp3) is 1.00. The van der Waals surface area contributed by atoms with E-state index in [2.05, 4.69) is 20.8 Å². The summed E-state index contributed by atoms with van der Waals surface area (Å²) >= 11 is 0.